The van der Waals surface area contributed by atoms with E-state index < -0.39 is 17.8 Å². The summed E-state index contributed by atoms with van der Waals surface area (Å²) in [5.74, 6) is -0.967. The summed E-state index contributed by atoms with van der Waals surface area (Å²) in [6, 6.07) is 18.4. The number of hydrogen-bond acceptors (Lipinski definition) is 5. The number of pyridine rings is 1. The van der Waals surface area contributed by atoms with Crippen LogP contribution in [0.3, 0.4) is 0 Å². The number of ketones is 1. The number of amides is 2. The Morgan fingerprint density at radius 1 is 0.971 bits per heavy atom. The van der Waals surface area contributed by atoms with E-state index in [0.717, 1.165) is 22.1 Å². The maximum absolute atomic E-state index is 12.2. The summed E-state index contributed by atoms with van der Waals surface area (Å²) >= 11 is 0. The van der Waals surface area contributed by atoms with E-state index in [1.807, 2.05) is 50.2 Å². The summed E-state index contributed by atoms with van der Waals surface area (Å²) in [7, 11) is 0. The Labute approximate surface area is 202 Å². The van der Waals surface area contributed by atoms with Crippen LogP contribution in [0.1, 0.15) is 25.8 Å². The number of carbonyl (C=O) groups is 3. The lowest BCUT2D eigenvalue weighted by atomic mass is 10.0. The summed E-state index contributed by atoms with van der Waals surface area (Å²) in [5, 5.41) is 6.16. The van der Waals surface area contributed by atoms with Crippen LogP contribution in [0.4, 0.5) is 16.2 Å². The summed E-state index contributed by atoms with van der Waals surface area (Å²) < 4.78 is 5.28. The fourth-order valence-electron chi connectivity index (χ4n) is 3.62. The van der Waals surface area contributed by atoms with E-state index in [4.69, 9.17) is 4.74 Å². The lowest BCUT2D eigenvalue weighted by Gasteiger charge is -2.09. The third-order valence-electron chi connectivity index (χ3n) is 5.27. The first kappa shape index (κ1) is 23.7. The van der Waals surface area contributed by atoms with Gasteiger partial charge in [0.15, 0.2) is 0 Å². The fourth-order valence-corrected chi connectivity index (χ4v) is 3.62. The minimum absolute atomic E-state index is 0.108. The smallest absolute Gasteiger partial charge is 0.412 e. The zero-order chi connectivity index (χ0) is 24.8. The number of carbonyl (C=O) groups excluding carboxylic acids is 3. The van der Waals surface area contributed by atoms with Crippen LogP contribution in [0.5, 0.6) is 0 Å². The maximum Gasteiger partial charge on any atom is 0.412 e. The molecule has 8 nitrogen and oxygen atoms in total. The molecule has 0 fully saturated rings. The highest BCUT2D eigenvalue weighted by Gasteiger charge is 2.16. The first-order valence-electron chi connectivity index (χ1n) is 11.3. The SMILES string of the molecule is CC(C)CC(=O)C(=O)Nc1cccc(-c2c[nH]c3ncc(NC(=O)OCc4ccccc4)cc23)c1. The number of H-pyrrole nitrogens is 1. The van der Waals surface area contributed by atoms with Gasteiger partial charge in [-0.05, 0) is 35.2 Å². The van der Waals surface area contributed by atoms with Crippen LogP contribution in [0, 0.1) is 5.92 Å². The molecule has 3 N–H and O–H groups in total. The van der Waals surface area contributed by atoms with Crippen molar-refractivity contribution in [2.45, 2.75) is 26.9 Å². The Morgan fingerprint density at radius 3 is 2.54 bits per heavy atom. The molecule has 2 heterocycles. The molecule has 2 amide bonds. The van der Waals surface area contributed by atoms with Gasteiger partial charge in [-0.25, -0.2) is 9.78 Å². The van der Waals surface area contributed by atoms with Gasteiger partial charge in [0.1, 0.15) is 12.3 Å². The van der Waals surface area contributed by atoms with Gasteiger partial charge >= 0.3 is 6.09 Å². The van der Waals surface area contributed by atoms with E-state index in [-0.39, 0.29) is 18.9 Å². The van der Waals surface area contributed by atoms with E-state index in [9.17, 15) is 14.4 Å². The molecule has 0 saturated heterocycles. The summed E-state index contributed by atoms with van der Waals surface area (Å²) in [4.78, 5) is 44.0. The predicted molar refractivity (Wildman–Crippen MR) is 135 cm³/mol. The molecule has 2 aromatic heterocycles. The van der Waals surface area contributed by atoms with Crippen LogP contribution >= 0.6 is 0 Å². The number of benzene rings is 2. The number of aromatic nitrogens is 2. The van der Waals surface area contributed by atoms with Gasteiger partial charge < -0.3 is 15.0 Å². The normalized spacial score (nSPS) is 10.8. The third-order valence-corrected chi connectivity index (χ3v) is 5.27. The molecule has 0 saturated carbocycles. The number of fused-ring (bicyclic) bond motifs is 1. The zero-order valence-electron chi connectivity index (χ0n) is 19.5. The molecule has 8 heteroatoms. The zero-order valence-corrected chi connectivity index (χ0v) is 19.5. The van der Waals surface area contributed by atoms with Crippen LogP contribution < -0.4 is 10.6 Å². The Kier molecular flexibility index (Phi) is 7.21. The first-order chi connectivity index (χ1) is 16.9. The highest BCUT2D eigenvalue weighted by Crippen LogP contribution is 2.31. The molecular formula is C27H26N4O4. The quantitative estimate of drug-likeness (QED) is 0.293. The first-order valence-corrected chi connectivity index (χ1v) is 11.3. The molecule has 0 spiro atoms. The van der Waals surface area contributed by atoms with Crippen LogP contribution in [0.15, 0.2) is 73.1 Å². The van der Waals surface area contributed by atoms with Crippen LogP contribution in [0.2, 0.25) is 0 Å². The molecule has 0 radical (unpaired) electrons. The second-order valence-corrected chi connectivity index (χ2v) is 8.57. The number of anilines is 2. The van der Waals surface area contributed by atoms with Crippen LogP contribution in [-0.4, -0.2) is 27.8 Å². The molecule has 4 aromatic rings. The monoisotopic (exact) mass is 470 g/mol. The molecule has 4 rings (SSSR count). The Morgan fingerprint density at radius 2 is 1.77 bits per heavy atom. The van der Waals surface area contributed by atoms with Crippen molar-refractivity contribution in [3.05, 3.63) is 78.6 Å². The molecule has 0 aliphatic heterocycles. The molecule has 0 aliphatic carbocycles. The van der Waals surface area contributed by atoms with Gasteiger partial charge in [-0.2, -0.15) is 0 Å². The van der Waals surface area contributed by atoms with Crippen molar-refractivity contribution in [3.63, 3.8) is 0 Å². The molecule has 2 aromatic carbocycles. The molecule has 0 bridgehead atoms. The maximum atomic E-state index is 12.2. The standard InChI is InChI=1S/C27H26N4O4/c1-17(2)11-24(32)26(33)30-20-10-6-9-19(12-20)23-15-29-25-22(23)13-21(14-28-25)31-27(34)35-16-18-7-4-3-5-8-18/h3-10,12-15,17H,11,16H2,1-2H3,(H,28,29)(H,30,33)(H,31,34). The molecule has 35 heavy (non-hydrogen) atoms. The number of nitrogens with zero attached hydrogens (tertiary/aromatic N) is 1. The second-order valence-electron chi connectivity index (χ2n) is 8.57. The van der Waals surface area contributed by atoms with Gasteiger partial charge in [0.05, 0.1) is 11.9 Å². The highest BCUT2D eigenvalue weighted by molar-refractivity contribution is 6.40. The minimum Gasteiger partial charge on any atom is -0.444 e. The van der Waals surface area contributed by atoms with Crippen LogP contribution in [-0.2, 0) is 20.9 Å². The molecule has 0 unspecified atom stereocenters. The predicted octanol–water partition coefficient (Wildman–Crippen LogP) is 5.53. The van der Waals surface area contributed by atoms with Crippen LogP contribution in [0.25, 0.3) is 22.2 Å². The number of hydrogen-bond donors (Lipinski definition) is 3. The van der Waals surface area contributed by atoms with Crippen molar-refractivity contribution in [2.75, 3.05) is 10.6 Å². The van der Waals surface area contributed by atoms with Gasteiger partial charge in [0.25, 0.3) is 5.91 Å². The number of rotatable bonds is 8. The molecule has 178 valence electrons. The Bertz CT molecular complexity index is 1360. The average molecular weight is 471 g/mol. The van der Waals surface area contributed by atoms with Gasteiger partial charge in [0.2, 0.25) is 5.78 Å². The highest BCUT2D eigenvalue weighted by atomic mass is 16.5. The van der Waals surface area contributed by atoms with E-state index in [2.05, 4.69) is 20.6 Å². The number of ether oxygens (including phenoxy) is 1. The van der Waals surface area contributed by atoms with E-state index in [0.29, 0.717) is 17.0 Å². The second kappa shape index (κ2) is 10.6. The van der Waals surface area contributed by atoms with Gasteiger partial charge in [-0.15, -0.1) is 0 Å². The number of aromatic amines is 1. The van der Waals surface area contributed by atoms with Crippen molar-refractivity contribution in [1.82, 2.24) is 9.97 Å². The van der Waals surface area contributed by atoms with Crippen molar-refractivity contribution >= 4 is 40.2 Å². The lowest BCUT2D eigenvalue weighted by Crippen LogP contribution is -2.23. The van der Waals surface area contributed by atoms with E-state index >= 15 is 0 Å². The number of nitrogens with one attached hydrogen (secondary N) is 3. The lowest BCUT2D eigenvalue weighted by molar-refractivity contribution is -0.135. The average Bonchev–Trinajstić information content (AvgIpc) is 3.26. The minimum atomic E-state index is -0.628. The van der Waals surface area contributed by atoms with Crippen molar-refractivity contribution in [3.8, 4) is 11.1 Å². The molecule has 0 atom stereocenters. The van der Waals surface area contributed by atoms with Gasteiger partial charge in [0, 0.05) is 29.3 Å². The summed E-state index contributed by atoms with van der Waals surface area (Å²) in [6.07, 6.45) is 2.97. The Hall–Kier alpha value is -4.46. The topological polar surface area (TPSA) is 113 Å². The van der Waals surface area contributed by atoms with Crippen molar-refractivity contribution < 1.29 is 19.1 Å². The fraction of sp³-hybridized carbons (Fsp3) is 0.185. The van der Waals surface area contributed by atoms with Crippen molar-refractivity contribution in [2.24, 2.45) is 5.92 Å². The summed E-state index contributed by atoms with van der Waals surface area (Å²) in [6.45, 7) is 3.95. The number of Topliss-reactive ketones (excluding diaryl/α,β-unsaturated/α-hetero) is 1. The molecular weight excluding hydrogens is 444 g/mol. The largest absolute Gasteiger partial charge is 0.444 e. The summed E-state index contributed by atoms with van der Waals surface area (Å²) in [5.41, 5.74) is 4.19. The van der Waals surface area contributed by atoms with E-state index in [1.54, 1.807) is 36.7 Å². The van der Waals surface area contributed by atoms with Gasteiger partial charge in [-0.3, -0.25) is 14.9 Å². The van der Waals surface area contributed by atoms with Crippen molar-refractivity contribution in [1.29, 1.82) is 0 Å². The molecule has 0 aliphatic rings. The van der Waals surface area contributed by atoms with E-state index in [1.165, 1.54) is 0 Å². The van der Waals surface area contributed by atoms with Gasteiger partial charge in [-0.1, -0.05) is 56.3 Å². The Balaban J connectivity index is 1.49. The third kappa shape index (κ3) is 6.11.